The molecule has 0 heterocycles. The van der Waals surface area contributed by atoms with Crippen LogP contribution in [0.2, 0.25) is 0 Å². The van der Waals surface area contributed by atoms with Gasteiger partial charge in [0.2, 0.25) is 0 Å². The topological polar surface area (TPSA) is 61.4 Å². The van der Waals surface area contributed by atoms with Crippen LogP contribution in [0.1, 0.15) is 11.1 Å². The van der Waals surface area contributed by atoms with Crippen molar-refractivity contribution in [2.75, 3.05) is 13.1 Å². The molecule has 1 unspecified atom stereocenters. The molecule has 2 aromatic carbocycles. The van der Waals surface area contributed by atoms with E-state index in [1.807, 2.05) is 30.3 Å². The molecule has 24 heavy (non-hydrogen) atoms. The third-order valence-corrected chi connectivity index (χ3v) is 3.53. The van der Waals surface area contributed by atoms with Gasteiger partial charge >= 0.3 is 6.03 Å². The maximum absolute atomic E-state index is 13.4. The summed E-state index contributed by atoms with van der Waals surface area (Å²) < 4.78 is 26.9. The number of halogens is 2. The van der Waals surface area contributed by atoms with Gasteiger partial charge in [-0.2, -0.15) is 0 Å². The number of aliphatic hydroxyl groups excluding tert-OH is 1. The first kappa shape index (κ1) is 17.9. The van der Waals surface area contributed by atoms with Crippen LogP contribution in [0.25, 0.3) is 0 Å². The molecule has 0 aliphatic carbocycles. The fourth-order valence-corrected chi connectivity index (χ4v) is 2.30. The Morgan fingerprint density at radius 1 is 1.00 bits per heavy atom. The SMILES string of the molecule is O=C(NCCc1c(F)cccc1F)NCC(O)Cc1ccccc1. The summed E-state index contributed by atoms with van der Waals surface area (Å²) in [7, 11) is 0. The Labute approximate surface area is 139 Å². The van der Waals surface area contributed by atoms with Gasteiger partial charge in [0.25, 0.3) is 0 Å². The molecule has 0 radical (unpaired) electrons. The fraction of sp³-hybridized carbons (Fsp3) is 0.278. The van der Waals surface area contributed by atoms with Gasteiger partial charge in [-0.05, 0) is 24.1 Å². The summed E-state index contributed by atoms with van der Waals surface area (Å²) in [5, 5.41) is 14.9. The molecule has 1 atom stereocenters. The molecular weight excluding hydrogens is 314 g/mol. The quantitative estimate of drug-likeness (QED) is 0.728. The van der Waals surface area contributed by atoms with Crippen molar-refractivity contribution in [3.8, 4) is 0 Å². The molecule has 0 bridgehead atoms. The first-order valence-electron chi connectivity index (χ1n) is 7.73. The summed E-state index contributed by atoms with van der Waals surface area (Å²) >= 11 is 0. The van der Waals surface area contributed by atoms with Gasteiger partial charge in [0.1, 0.15) is 11.6 Å². The van der Waals surface area contributed by atoms with Crippen LogP contribution >= 0.6 is 0 Å². The van der Waals surface area contributed by atoms with E-state index in [1.165, 1.54) is 18.2 Å². The molecular formula is C18H20F2N2O2. The predicted molar refractivity (Wildman–Crippen MR) is 87.6 cm³/mol. The van der Waals surface area contributed by atoms with Crippen molar-refractivity contribution in [1.82, 2.24) is 10.6 Å². The Hall–Kier alpha value is -2.47. The number of nitrogens with one attached hydrogen (secondary N) is 2. The second-order valence-electron chi connectivity index (χ2n) is 5.43. The van der Waals surface area contributed by atoms with E-state index in [0.717, 1.165) is 5.56 Å². The Morgan fingerprint density at radius 2 is 1.67 bits per heavy atom. The molecule has 128 valence electrons. The largest absolute Gasteiger partial charge is 0.391 e. The number of carbonyl (C=O) groups excluding carboxylic acids is 1. The summed E-state index contributed by atoms with van der Waals surface area (Å²) in [6, 6.07) is 12.6. The predicted octanol–water partition coefficient (Wildman–Crippen LogP) is 2.41. The summed E-state index contributed by atoms with van der Waals surface area (Å²) in [5.41, 5.74) is 0.921. The Bertz CT molecular complexity index is 645. The number of aliphatic hydroxyl groups is 1. The lowest BCUT2D eigenvalue weighted by molar-refractivity contribution is 0.170. The molecule has 0 aliphatic rings. The number of rotatable bonds is 7. The van der Waals surface area contributed by atoms with E-state index in [0.29, 0.717) is 6.42 Å². The zero-order valence-electron chi connectivity index (χ0n) is 13.1. The Balaban J connectivity index is 1.68. The maximum atomic E-state index is 13.4. The number of hydrogen-bond acceptors (Lipinski definition) is 2. The fourth-order valence-electron chi connectivity index (χ4n) is 2.30. The Kier molecular flexibility index (Phi) is 6.69. The van der Waals surface area contributed by atoms with Crippen LogP contribution in [0, 0.1) is 11.6 Å². The highest BCUT2D eigenvalue weighted by atomic mass is 19.1. The van der Waals surface area contributed by atoms with E-state index in [-0.39, 0.29) is 25.1 Å². The number of urea groups is 1. The van der Waals surface area contributed by atoms with Crippen molar-refractivity contribution >= 4 is 6.03 Å². The van der Waals surface area contributed by atoms with Crippen molar-refractivity contribution in [2.45, 2.75) is 18.9 Å². The minimum absolute atomic E-state index is 0.0538. The standard InChI is InChI=1S/C18H20F2N2O2/c19-16-7-4-8-17(20)15(16)9-10-21-18(24)22-12-14(23)11-13-5-2-1-3-6-13/h1-8,14,23H,9-12H2,(H2,21,22,24). The van der Waals surface area contributed by atoms with Crippen molar-refractivity contribution < 1.29 is 18.7 Å². The molecule has 6 heteroatoms. The minimum atomic E-state index is -0.706. The van der Waals surface area contributed by atoms with Gasteiger partial charge in [0, 0.05) is 25.1 Å². The van der Waals surface area contributed by atoms with Crippen LogP contribution in [-0.4, -0.2) is 30.3 Å². The molecule has 0 aromatic heterocycles. The number of amides is 2. The Morgan fingerprint density at radius 3 is 2.33 bits per heavy atom. The highest BCUT2D eigenvalue weighted by Crippen LogP contribution is 2.11. The van der Waals surface area contributed by atoms with Gasteiger partial charge in [0.05, 0.1) is 6.10 Å². The first-order valence-corrected chi connectivity index (χ1v) is 7.73. The van der Waals surface area contributed by atoms with Crippen LogP contribution in [-0.2, 0) is 12.8 Å². The molecule has 4 nitrogen and oxygen atoms in total. The van der Waals surface area contributed by atoms with Crippen molar-refractivity contribution in [3.63, 3.8) is 0 Å². The number of carbonyl (C=O) groups is 1. The number of benzene rings is 2. The lowest BCUT2D eigenvalue weighted by atomic mass is 10.1. The van der Waals surface area contributed by atoms with Crippen LogP contribution in [0.4, 0.5) is 13.6 Å². The molecule has 0 saturated heterocycles. The minimum Gasteiger partial charge on any atom is -0.391 e. The van der Waals surface area contributed by atoms with E-state index >= 15 is 0 Å². The molecule has 2 amide bonds. The third-order valence-electron chi connectivity index (χ3n) is 3.53. The van der Waals surface area contributed by atoms with E-state index in [2.05, 4.69) is 10.6 Å². The lowest BCUT2D eigenvalue weighted by Gasteiger charge is -2.13. The molecule has 0 fully saturated rings. The van der Waals surface area contributed by atoms with Crippen LogP contribution < -0.4 is 10.6 Å². The summed E-state index contributed by atoms with van der Waals surface area (Å²) in [4.78, 5) is 11.6. The van der Waals surface area contributed by atoms with Gasteiger partial charge in [-0.1, -0.05) is 36.4 Å². The lowest BCUT2D eigenvalue weighted by Crippen LogP contribution is -2.41. The van der Waals surface area contributed by atoms with Crippen LogP contribution in [0.3, 0.4) is 0 Å². The normalized spacial score (nSPS) is 11.8. The molecule has 2 aromatic rings. The number of hydrogen-bond donors (Lipinski definition) is 3. The zero-order valence-corrected chi connectivity index (χ0v) is 13.1. The highest BCUT2D eigenvalue weighted by molar-refractivity contribution is 5.73. The van der Waals surface area contributed by atoms with Gasteiger partial charge < -0.3 is 15.7 Å². The molecule has 3 N–H and O–H groups in total. The van der Waals surface area contributed by atoms with Gasteiger partial charge in [-0.15, -0.1) is 0 Å². The highest BCUT2D eigenvalue weighted by Gasteiger charge is 2.10. The average molecular weight is 334 g/mol. The van der Waals surface area contributed by atoms with Crippen molar-refractivity contribution in [1.29, 1.82) is 0 Å². The second-order valence-corrected chi connectivity index (χ2v) is 5.43. The smallest absolute Gasteiger partial charge is 0.314 e. The molecule has 0 spiro atoms. The maximum Gasteiger partial charge on any atom is 0.314 e. The summed E-state index contributed by atoms with van der Waals surface area (Å²) in [6.07, 6.45) is -0.220. The molecule has 0 aliphatic heterocycles. The monoisotopic (exact) mass is 334 g/mol. The van der Waals surface area contributed by atoms with Crippen LogP contribution in [0.5, 0.6) is 0 Å². The third kappa shape index (κ3) is 5.62. The van der Waals surface area contributed by atoms with Gasteiger partial charge in [-0.25, -0.2) is 13.6 Å². The van der Waals surface area contributed by atoms with Crippen LogP contribution in [0.15, 0.2) is 48.5 Å². The first-order chi connectivity index (χ1) is 11.6. The van der Waals surface area contributed by atoms with Crippen molar-refractivity contribution in [3.05, 3.63) is 71.3 Å². The van der Waals surface area contributed by atoms with E-state index in [1.54, 1.807) is 0 Å². The zero-order chi connectivity index (χ0) is 17.4. The van der Waals surface area contributed by atoms with E-state index in [9.17, 15) is 18.7 Å². The van der Waals surface area contributed by atoms with E-state index < -0.39 is 23.8 Å². The van der Waals surface area contributed by atoms with E-state index in [4.69, 9.17) is 0 Å². The van der Waals surface area contributed by atoms with Crippen molar-refractivity contribution in [2.24, 2.45) is 0 Å². The van der Waals surface area contributed by atoms with Gasteiger partial charge in [0.15, 0.2) is 0 Å². The molecule has 0 saturated carbocycles. The second kappa shape index (κ2) is 8.98. The average Bonchev–Trinajstić information content (AvgIpc) is 2.56. The van der Waals surface area contributed by atoms with Gasteiger partial charge in [-0.3, -0.25) is 0 Å². The summed E-state index contributed by atoms with van der Waals surface area (Å²) in [6.45, 7) is 0.188. The summed E-state index contributed by atoms with van der Waals surface area (Å²) in [5.74, 6) is -1.26. The molecule has 2 rings (SSSR count).